The molecule has 4 nitrogen and oxygen atoms in total. The van der Waals surface area contributed by atoms with E-state index in [9.17, 15) is 4.79 Å². The number of carbonyl (C=O) groups is 1. The van der Waals surface area contributed by atoms with Gasteiger partial charge in [-0.1, -0.05) is 39.7 Å². The summed E-state index contributed by atoms with van der Waals surface area (Å²) in [6.45, 7) is 7.61. The molecule has 1 aromatic carbocycles. The zero-order valence-electron chi connectivity index (χ0n) is 12.5. The van der Waals surface area contributed by atoms with Gasteiger partial charge >= 0.3 is 0 Å². The molecule has 1 unspecified atom stereocenters. The van der Waals surface area contributed by atoms with Crippen LogP contribution >= 0.6 is 0 Å². The van der Waals surface area contributed by atoms with Gasteiger partial charge in [-0.15, -0.1) is 0 Å². The van der Waals surface area contributed by atoms with Crippen molar-refractivity contribution < 1.29 is 9.53 Å². The molecular formula is C16H24N2O2. The van der Waals surface area contributed by atoms with Crippen LogP contribution in [-0.4, -0.2) is 19.1 Å². The van der Waals surface area contributed by atoms with E-state index in [1.807, 2.05) is 12.1 Å². The third-order valence-electron chi connectivity index (χ3n) is 3.94. The summed E-state index contributed by atoms with van der Waals surface area (Å²) in [5.74, 6) is 1.26. The van der Waals surface area contributed by atoms with Crippen molar-refractivity contribution in [2.24, 2.45) is 5.92 Å². The summed E-state index contributed by atoms with van der Waals surface area (Å²) >= 11 is 0. The molecule has 0 spiro atoms. The Morgan fingerprint density at radius 3 is 2.70 bits per heavy atom. The molecule has 0 bridgehead atoms. The number of nitrogens with one attached hydrogen (secondary N) is 2. The normalized spacial score (nSPS) is 15.5. The van der Waals surface area contributed by atoms with Gasteiger partial charge in [0.2, 0.25) is 0 Å². The molecule has 20 heavy (non-hydrogen) atoms. The monoisotopic (exact) mass is 276 g/mol. The minimum atomic E-state index is -0.0859. The van der Waals surface area contributed by atoms with Crippen LogP contribution in [0.15, 0.2) is 18.2 Å². The molecule has 0 saturated carbocycles. The molecule has 0 saturated heterocycles. The van der Waals surface area contributed by atoms with Crippen LogP contribution in [0.2, 0.25) is 0 Å². The molecule has 4 heteroatoms. The van der Waals surface area contributed by atoms with Crippen LogP contribution in [0.3, 0.4) is 0 Å². The van der Waals surface area contributed by atoms with E-state index in [0.717, 1.165) is 30.8 Å². The fraction of sp³-hybridized carbons (Fsp3) is 0.562. The molecule has 0 radical (unpaired) electrons. The molecule has 1 amide bonds. The summed E-state index contributed by atoms with van der Waals surface area (Å²) < 4.78 is 5.41. The SMILES string of the molecule is CCNC(c1ccc2c(c1)NC(=O)CO2)C(CC)CC. The largest absolute Gasteiger partial charge is 0.482 e. The van der Waals surface area contributed by atoms with Crippen molar-refractivity contribution in [1.29, 1.82) is 0 Å². The molecule has 1 atom stereocenters. The van der Waals surface area contributed by atoms with Crippen LogP contribution in [-0.2, 0) is 4.79 Å². The van der Waals surface area contributed by atoms with Crippen molar-refractivity contribution in [3.05, 3.63) is 23.8 Å². The molecule has 0 fully saturated rings. The fourth-order valence-electron chi connectivity index (χ4n) is 2.83. The zero-order chi connectivity index (χ0) is 14.5. The second kappa shape index (κ2) is 6.75. The Kier molecular flexibility index (Phi) is 5.01. The molecule has 0 aromatic heterocycles. The quantitative estimate of drug-likeness (QED) is 0.839. The lowest BCUT2D eigenvalue weighted by Crippen LogP contribution is -2.29. The fourth-order valence-corrected chi connectivity index (χ4v) is 2.83. The first kappa shape index (κ1) is 14.9. The first-order valence-corrected chi connectivity index (χ1v) is 7.49. The number of hydrogen-bond donors (Lipinski definition) is 2. The van der Waals surface area contributed by atoms with Gasteiger partial charge in [-0.25, -0.2) is 0 Å². The third kappa shape index (κ3) is 3.12. The first-order chi connectivity index (χ1) is 9.69. The minimum absolute atomic E-state index is 0.0859. The van der Waals surface area contributed by atoms with Crippen LogP contribution in [0.1, 0.15) is 45.2 Å². The summed E-state index contributed by atoms with van der Waals surface area (Å²) in [7, 11) is 0. The molecule has 1 aliphatic heterocycles. The van der Waals surface area contributed by atoms with Gasteiger partial charge in [0.05, 0.1) is 5.69 Å². The Bertz CT molecular complexity index is 470. The van der Waals surface area contributed by atoms with E-state index >= 15 is 0 Å². The second-order valence-corrected chi connectivity index (χ2v) is 5.20. The van der Waals surface area contributed by atoms with Gasteiger partial charge in [0.1, 0.15) is 5.75 Å². The maximum Gasteiger partial charge on any atom is 0.262 e. The van der Waals surface area contributed by atoms with Gasteiger partial charge in [-0.2, -0.15) is 0 Å². The lowest BCUT2D eigenvalue weighted by Gasteiger charge is -2.28. The molecule has 1 heterocycles. The summed E-state index contributed by atoms with van der Waals surface area (Å²) in [5, 5.41) is 6.45. The number of hydrogen-bond acceptors (Lipinski definition) is 3. The first-order valence-electron chi connectivity index (χ1n) is 7.49. The number of fused-ring (bicyclic) bond motifs is 1. The van der Waals surface area contributed by atoms with Gasteiger partial charge < -0.3 is 15.4 Å². The Labute approximate surface area is 120 Å². The number of ether oxygens (including phenoxy) is 1. The van der Waals surface area contributed by atoms with E-state index < -0.39 is 0 Å². The van der Waals surface area contributed by atoms with Crippen molar-refractivity contribution in [1.82, 2.24) is 5.32 Å². The molecule has 110 valence electrons. The van der Waals surface area contributed by atoms with Crippen molar-refractivity contribution >= 4 is 11.6 Å². The Balaban J connectivity index is 2.29. The minimum Gasteiger partial charge on any atom is -0.482 e. The van der Waals surface area contributed by atoms with Gasteiger partial charge in [0.25, 0.3) is 5.91 Å². The maximum absolute atomic E-state index is 11.4. The van der Waals surface area contributed by atoms with Crippen LogP contribution in [0.25, 0.3) is 0 Å². The topological polar surface area (TPSA) is 50.4 Å². The predicted molar refractivity (Wildman–Crippen MR) is 81.1 cm³/mol. The summed E-state index contributed by atoms with van der Waals surface area (Å²) in [5.41, 5.74) is 2.00. The van der Waals surface area contributed by atoms with Crippen molar-refractivity contribution in [3.63, 3.8) is 0 Å². The molecule has 2 N–H and O–H groups in total. The number of anilines is 1. The zero-order valence-corrected chi connectivity index (χ0v) is 12.5. The smallest absolute Gasteiger partial charge is 0.262 e. The van der Waals surface area contributed by atoms with Gasteiger partial charge in [0.15, 0.2) is 6.61 Å². The maximum atomic E-state index is 11.4. The van der Waals surface area contributed by atoms with Gasteiger partial charge in [0, 0.05) is 6.04 Å². The van der Waals surface area contributed by atoms with Crippen molar-refractivity contribution in [2.45, 2.75) is 39.7 Å². The lowest BCUT2D eigenvalue weighted by atomic mass is 9.88. The predicted octanol–water partition coefficient (Wildman–Crippen LogP) is 3.10. The van der Waals surface area contributed by atoms with Crippen LogP contribution in [0, 0.1) is 5.92 Å². The van der Waals surface area contributed by atoms with Crippen molar-refractivity contribution in [2.75, 3.05) is 18.5 Å². The Hall–Kier alpha value is -1.55. The van der Waals surface area contributed by atoms with Gasteiger partial charge in [-0.05, 0) is 30.2 Å². The highest BCUT2D eigenvalue weighted by atomic mass is 16.5. The molecule has 0 aliphatic carbocycles. The van der Waals surface area contributed by atoms with Crippen LogP contribution < -0.4 is 15.4 Å². The number of benzene rings is 1. The van der Waals surface area contributed by atoms with E-state index in [4.69, 9.17) is 4.74 Å². The highest BCUT2D eigenvalue weighted by molar-refractivity contribution is 5.95. The molecule has 1 aromatic rings. The lowest BCUT2D eigenvalue weighted by molar-refractivity contribution is -0.118. The third-order valence-corrected chi connectivity index (χ3v) is 3.94. The van der Waals surface area contributed by atoms with Gasteiger partial charge in [-0.3, -0.25) is 4.79 Å². The van der Waals surface area contributed by atoms with E-state index in [-0.39, 0.29) is 12.5 Å². The molecular weight excluding hydrogens is 252 g/mol. The van der Waals surface area contributed by atoms with E-state index in [1.165, 1.54) is 5.56 Å². The van der Waals surface area contributed by atoms with E-state index in [0.29, 0.717) is 12.0 Å². The molecule has 2 rings (SSSR count). The standard InChI is InChI=1S/C16H24N2O2/c1-4-11(5-2)16(17-6-3)12-7-8-14-13(9-12)18-15(19)10-20-14/h7-9,11,16-17H,4-6,10H2,1-3H3,(H,18,19). The van der Waals surface area contributed by atoms with Crippen LogP contribution in [0.4, 0.5) is 5.69 Å². The average Bonchev–Trinajstić information content (AvgIpc) is 2.46. The van der Waals surface area contributed by atoms with Crippen LogP contribution in [0.5, 0.6) is 5.75 Å². The molecule has 1 aliphatic rings. The number of amides is 1. The highest BCUT2D eigenvalue weighted by Gasteiger charge is 2.22. The van der Waals surface area contributed by atoms with Crippen molar-refractivity contribution in [3.8, 4) is 5.75 Å². The number of rotatable bonds is 6. The summed E-state index contributed by atoms with van der Waals surface area (Å²) in [6.07, 6.45) is 2.27. The second-order valence-electron chi connectivity index (χ2n) is 5.20. The Morgan fingerprint density at radius 1 is 1.30 bits per heavy atom. The highest BCUT2D eigenvalue weighted by Crippen LogP contribution is 2.34. The van der Waals surface area contributed by atoms with E-state index in [2.05, 4.69) is 37.5 Å². The summed E-state index contributed by atoms with van der Waals surface area (Å²) in [4.78, 5) is 11.4. The van der Waals surface area contributed by atoms with E-state index in [1.54, 1.807) is 0 Å². The Morgan fingerprint density at radius 2 is 2.05 bits per heavy atom. The average molecular weight is 276 g/mol. The number of carbonyl (C=O) groups excluding carboxylic acids is 1. The summed E-state index contributed by atoms with van der Waals surface area (Å²) in [6, 6.07) is 6.41.